The van der Waals surface area contributed by atoms with Crippen molar-refractivity contribution in [3.05, 3.63) is 36.3 Å². The molecule has 0 spiro atoms. The molecule has 0 saturated carbocycles. The van der Waals surface area contributed by atoms with Crippen LogP contribution in [0.25, 0.3) is 10.9 Å². The van der Waals surface area contributed by atoms with Crippen molar-refractivity contribution in [2.75, 3.05) is 23.9 Å². The summed E-state index contributed by atoms with van der Waals surface area (Å²) in [5.74, 6) is 0.624. The third kappa shape index (κ3) is 3.58. The molecule has 2 rings (SSSR count). The van der Waals surface area contributed by atoms with Crippen molar-refractivity contribution in [2.45, 2.75) is 12.5 Å². The molecule has 19 heavy (non-hydrogen) atoms. The van der Waals surface area contributed by atoms with Crippen LogP contribution in [0, 0.1) is 5.82 Å². The molecule has 102 valence electrons. The van der Waals surface area contributed by atoms with Gasteiger partial charge >= 0.3 is 0 Å². The van der Waals surface area contributed by atoms with Crippen LogP contribution in [-0.4, -0.2) is 34.7 Å². The maximum atomic E-state index is 13.2. The Bertz CT molecular complexity index is 544. The highest BCUT2D eigenvalue weighted by Gasteiger charge is 2.10. The quantitative estimate of drug-likeness (QED) is 0.854. The molecule has 2 aromatic rings. The smallest absolute Gasteiger partial charge is 0.125 e. The first-order chi connectivity index (χ1) is 9.24. The first-order valence-electron chi connectivity index (χ1n) is 6.15. The van der Waals surface area contributed by atoms with Gasteiger partial charge < -0.3 is 10.4 Å². The highest BCUT2D eigenvalue weighted by atomic mass is 32.2. The zero-order valence-corrected chi connectivity index (χ0v) is 11.6. The topological polar surface area (TPSA) is 45.1 Å². The summed E-state index contributed by atoms with van der Waals surface area (Å²) in [5.41, 5.74) is 1.56. The second kappa shape index (κ2) is 6.73. The number of hydrogen-bond acceptors (Lipinski definition) is 4. The zero-order valence-electron chi connectivity index (χ0n) is 10.8. The molecule has 1 heterocycles. The number of aromatic nitrogens is 1. The Morgan fingerprint density at radius 3 is 3.00 bits per heavy atom. The zero-order chi connectivity index (χ0) is 13.7. The highest BCUT2D eigenvalue weighted by Crippen LogP contribution is 2.23. The summed E-state index contributed by atoms with van der Waals surface area (Å²) in [7, 11) is 0. The van der Waals surface area contributed by atoms with Gasteiger partial charge in [-0.2, -0.15) is 11.8 Å². The summed E-state index contributed by atoms with van der Waals surface area (Å²) in [6.45, 7) is 0.149. The van der Waals surface area contributed by atoms with Crippen LogP contribution in [0.3, 0.4) is 0 Å². The van der Waals surface area contributed by atoms with Crippen LogP contribution < -0.4 is 5.32 Å². The molecule has 0 aliphatic rings. The first-order valence-corrected chi connectivity index (χ1v) is 7.54. The lowest BCUT2D eigenvalue weighted by molar-refractivity contribution is 0.282. The molecule has 1 aromatic carbocycles. The van der Waals surface area contributed by atoms with E-state index in [0.29, 0.717) is 11.9 Å². The number of pyridine rings is 1. The Labute approximate surface area is 116 Å². The van der Waals surface area contributed by atoms with E-state index >= 15 is 0 Å². The number of nitrogens with zero attached hydrogens (tertiary/aromatic N) is 1. The van der Waals surface area contributed by atoms with E-state index in [0.717, 1.165) is 16.8 Å². The minimum atomic E-state index is -0.284. The van der Waals surface area contributed by atoms with Crippen LogP contribution in [0.4, 0.5) is 10.1 Å². The summed E-state index contributed by atoms with van der Waals surface area (Å²) in [5, 5.41) is 13.4. The van der Waals surface area contributed by atoms with Gasteiger partial charge in [-0.3, -0.25) is 4.98 Å². The molecular weight excluding hydrogens is 263 g/mol. The lowest BCUT2D eigenvalue weighted by Crippen LogP contribution is -2.23. The van der Waals surface area contributed by atoms with Crippen molar-refractivity contribution in [2.24, 2.45) is 0 Å². The predicted molar refractivity (Wildman–Crippen MR) is 79.2 cm³/mol. The van der Waals surface area contributed by atoms with Gasteiger partial charge in [-0.05, 0) is 30.9 Å². The molecule has 2 N–H and O–H groups in total. The van der Waals surface area contributed by atoms with Gasteiger partial charge in [0.1, 0.15) is 5.82 Å². The van der Waals surface area contributed by atoms with E-state index in [-0.39, 0.29) is 18.5 Å². The lowest BCUT2D eigenvalue weighted by Gasteiger charge is -2.19. The molecular formula is C14H17FN2OS. The summed E-state index contributed by atoms with van der Waals surface area (Å²) in [6, 6.07) is 6.66. The van der Waals surface area contributed by atoms with Gasteiger partial charge in [0.2, 0.25) is 0 Å². The number of hydrogen-bond donors (Lipinski definition) is 2. The fourth-order valence-electron chi connectivity index (χ4n) is 2.02. The molecule has 1 atom stereocenters. The number of nitrogens with one attached hydrogen (secondary N) is 1. The molecule has 0 aliphatic heterocycles. The van der Waals surface area contributed by atoms with Gasteiger partial charge in [0, 0.05) is 41.7 Å². The standard InChI is InChI=1S/C14H17FN2OS/c1-19-9-11(5-7-18)17-13-4-6-16-14-8-10(15)2-3-12(13)14/h2-4,6,8,11,18H,5,7,9H2,1H3,(H,16,17)/t11-/m0/s1. The van der Waals surface area contributed by atoms with E-state index in [1.807, 2.05) is 12.3 Å². The minimum Gasteiger partial charge on any atom is -0.396 e. The van der Waals surface area contributed by atoms with Crippen LogP contribution in [-0.2, 0) is 0 Å². The van der Waals surface area contributed by atoms with E-state index in [1.165, 1.54) is 12.1 Å². The monoisotopic (exact) mass is 280 g/mol. The van der Waals surface area contributed by atoms with Crippen molar-refractivity contribution in [3.8, 4) is 0 Å². The first kappa shape index (κ1) is 14.1. The van der Waals surface area contributed by atoms with E-state index in [2.05, 4.69) is 10.3 Å². The number of aliphatic hydroxyl groups is 1. The van der Waals surface area contributed by atoms with Crippen molar-refractivity contribution < 1.29 is 9.50 Å². The number of benzene rings is 1. The average molecular weight is 280 g/mol. The molecule has 0 unspecified atom stereocenters. The molecule has 0 saturated heterocycles. The van der Waals surface area contributed by atoms with Crippen LogP contribution in [0.15, 0.2) is 30.5 Å². The second-order valence-electron chi connectivity index (χ2n) is 4.33. The van der Waals surface area contributed by atoms with E-state index < -0.39 is 0 Å². The number of thioether (sulfide) groups is 1. The number of aliphatic hydroxyl groups excluding tert-OH is 1. The minimum absolute atomic E-state index is 0.149. The molecule has 0 radical (unpaired) electrons. The fourth-order valence-corrected chi connectivity index (χ4v) is 2.67. The van der Waals surface area contributed by atoms with Crippen LogP contribution >= 0.6 is 11.8 Å². The van der Waals surface area contributed by atoms with Gasteiger partial charge in [-0.15, -0.1) is 0 Å². The molecule has 5 heteroatoms. The summed E-state index contributed by atoms with van der Waals surface area (Å²) < 4.78 is 13.2. The Morgan fingerprint density at radius 1 is 1.42 bits per heavy atom. The van der Waals surface area contributed by atoms with Gasteiger partial charge in [0.25, 0.3) is 0 Å². The Hall–Kier alpha value is -1.33. The third-order valence-corrected chi connectivity index (χ3v) is 3.65. The van der Waals surface area contributed by atoms with Gasteiger partial charge in [0.05, 0.1) is 5.52 Å². The van der Waals surface area contributed by atoms with Crippen molar-refractivity contribution >= 4 is 28.4 Å². The predicted octanol–water partition coefficient (Wildman–Crippen LogP) is 2.90. The normalized spacial score (nSPS) is 12.6. The van der Waals surface area contributed by atoms with Crippen molar-refractivity contribution in [1.29, 1.82) is 0 Å². The second-order valence-corrected chi connectivity index (χ2v) is 5.24. The van der Waals surface area contributed by atoms with Crippen molar-refractivity contribution in [3.63, 3.8) is 0 Å². The maximum absolute atomic E-state index is 13.2. The van der Waals surface area contributed by atoms with Gasteiger partial charge in [-0.1, -0.05) is 0 Å². The van der Waals surface area contributed by atoms with E-state index in [1.54, 1.807) is 24.0 Å². The Balaban J connectivity index is 2.28. The van der Waals surface area contributed by atoms with Crippen LogP contribution in [0.1, 0.15) is 6.42 Å². The lowest BCUT2D eigenvalue weighted by atomic mass is 10.1. The molecule has 0 amide bonds. The highest BCUT2D eigenvalue weighted by molar-refractivity contribution is 7.98. The average Bonchev–Trinajstić information content (AvgIpc) is 2.39. The van der Waals surface area contributed by atoms with Crippen LogP contribution in [0.2, 0.25) is 0 Å². The third-order valence-electron chi connectivity index (χ3n) is 2.91. The molecule has 0 fully saturated rings. The number of rotatable bonds is 6. The maximum Gasteiger partial charge on any atom is 0.125 e. The number of anilines is 1. The van der Waals surface area contributed by atoms with Crippen molar-refractivity contribution in [1.82, 2.24) is 4.98 Å². The SMILES string of the molecule is CSC[C@H](CCO)Nc1ccnc2cc(F)ccc12. The van der Waals surface area contributed by atoms with Gasteiger partial charge in [-0.25, -0.2) is 4.39 Å². The number of halogens is 1. The van der Waals surface area contributed by atoms with E-state index in [9.17, 15) is 4.39 Å². The van der Waals surface area contributed by atoms with E-state index in [4.69, 9.17) is 5.11 Å². The molecule has 1 aromatic heterocycles. The van der Waals surface area contributed by atoms with Gasteiger partial charge in [0.15, 0.2) is 0 Å². The summed E-state index contributed by atoms with van der Waals surface area (Å²) in [6.07, 6.45) is 4.39. The molecule has 0 bridgehead atoms. The molecule has 0 aliphatic carbocycles. The molecule has 3 nitrogen and oxygen atoms in total. The fraction of sp³-hybridized carbons (Fsp3) is 0.357. The Kier molecular flexibility index (Phi) is 4.99. The summed E-state index contributed by atoms with van der Waals surface area (Å²) >= 11 is 1.73. The largest absolute Gasteiger partial charge is 0.396 e. The summed E-state index contributed by atoms with van der Waals surface area (Å²) in [4.78, 5) is 4.17. The van der Waals surface area contributed by atoms with Crippen LogP contribution in [0.5, 0.6) is 0 Å². The number of fused-ring (bicyclic) bond motifs is 1. The Morgan fingerprint density at radius 2 is 2.26 bits per heavy atom.